The number of hydrogen-bond acceptors (Lipinski definition) is 3. The number of fused-ring (bicyclic) bond motifs is 1. The summed E-state index contributed by atoms with van der Waals surface area (Å²) in [7, 11) is 0. The minimum absolute atomic E-state index is 0.161. The summed E-state index contributed by atoms with van der Waals surface area (Å²) < 4.78 is 6.20. The van der Waals surface area contributed by atoms with Crippen molar-refractivity contribution in [2.45, 2.75) is 89.4 Å². The van der Waals surface area contributed by atoms with Crippen molar-refractivity contribution in [2.75, 3.05) is 26.2 Å². The van der Waals surface area contributed by atoms with Crippen LogP contribution in [0, 0.1) is 0 Å². The zero-order valence-corrected chi connectivity index (χ0v) is 14.3. The van der Waals surface area contributed by atoms with E-state index in [1.165, 1.54) is 64.6 Å². The highest BCUT2D eigenvalue weighted by Crippen LogP contribution is 2.36. The molecule has 3 aliphatic rings. The molecule has 0 bridgehead atoms. The van der Waals surface area contributed by atoms with Crippen molar-refractivity contribution in [2.24, 2.45) is 0 Å². The summed E-state index contributed by atoms with van der Waals surface area (Å²) in [5.74, 6) is 0. The first-order valence-electron chi connectivity index (χ1n) is 9.35. The third-order valence-electron chi connectivity index (χ3n) is 6.53. The second kappa shape index (κ2) is 6.55. The minimum Gasteiger partial charge on any atom is -0.375 e. The van der Waals surface area contributed by atoms with Gasteiger partial charge in [0.25, 0.3) is 0 Å². The third kappa shape index (κ3) is 3.02. The zero-order chi connectivity index (χ0) is 14.9. The summed E-state index contributed by atoms with van der Waals surface area (Å²) in [5.41, 5.74) is 0.161. The Bertz CT molecular complexity index is 342. The molecule has 3 heteroatoms. The normalized spacial score (nSPS) is 37.6. The van der Waals surface area contributed by atoms with E-state index in [4.69, 9.17) is 4.74 Å². The molecule has 122 valence electrons. The van der Waals surface area contributed by atoms with Crippen LogP contribution in [-0.2, 0) is 4.74 Å². The van der Waals surface area contributed by atoms with Gasteiger partial charge in [-0.1, -0.05) is 20.8 Å². The summed E-state index contributed by atoms with van der Waals surface area (Å²) in [5, 5.41) is 0. The quantitative estimate of drug-likeness (QED) is 0.791. The maximum Gasteiger partial charge on any atom is 0.0692 e. The van der Waals surface area contributed by atoms with Crippen LogP contribution < -0.4 is 0 Å². The van der Waals surface area contributed by atoms with E-state index in [9.17, 15) is 0 Å². The van der Waals surface area contributed by atoms with Gasteiger partial charge in [0.1, 0.15) is 0 Å². The number of rotatable bonds is 4. The Morgan fingerprint density at radius 1 is 1.05 bits per heavy atom. The number of ether oxygens (including phenoxy) is 1. The van der Waals surface area contributed by atoms with Gasteiger partial charge in [0, 0.05) is 37.8 Å². The molecule has 3 atom stereocenters. The summed E-state index contributed by atoms with van der Waals surface area (Å²) in [6, 6.07) is 2.37. The molecule has 0 aliphatic carbocycles. The molecule has 3 rings (SSSR count). The molecular formula is C18H34N2O. The van der Waals surface area contributed by atoms with Gasteiger partial charge in [-0.05, 0) is 51.5 Å². The Balaban J connectivity index is 1.71. The topological polar surface area (TPSA) is 15.7 Å². The Labute approximate surface area is 131 Å². The molecule has 0 spiro atoms. The third-order valence-corrected chi connectivity index (χ3v) is 6.53. The fraction of sp³-hybridized carbons (Fsp3) is 1.00. The van der Waals surface area contributed by atoms with Crippen molar-refractivity contribution in [1.29, 1.82) is 0 Å². The van der Waals surface area contributed by atoms with Crippen LogP contribution in [0.15, 0.2) is 0 Å². The van der Waals surface area contributed by atoms with E-state index >= 15 is 0 Å². The summed E-state index contributed by atoms with van der Waals surface area (Å²) in [6.07, 6.45) is 8.96. The van der Waals surface area contributed by atoms with Gasteiger partial charge in [0.05, 0.1) is 5.60 Å². The van der Waals surface area contributed by atoms with E-state index in [1.54, 1.807) is 0 Å². The average Bonchev–Trinajstić information content (AvgIpc) is 3.00. The number of nitrogens with zero attached hydrogens (tertiary/aromatic N) is 2. The van der Waals surface area contributed by atoms with Gasteiger partial charge in [-0.25, -0.2) is 0 Å². The van der Waals surface area contributed by atoms with Crippen molar-refractivity contribution < 1.29 is 4.74 Å². The highest BCUT2D eigenvalue weighted by molar-refractivity contribution is 4.97. The van der Waals surface area contributed by atoms with Crippen LogP contribution >= 0.6 is 0 Å². The second-order valence-corrected chi connectivity index (χ2v) is 7.44. The molecule has 0 radical (unpaired) electrons. The van der Waals surface area contributed by atoms with Crippen LogP contribution in [0.5, 0.6) is 0 Å². The van der Waals surface area contributed by atoms with Crippen molar-refractivity contribution in [3.05, 3.63) is 0 Å². The van der Waals surface area contributed by atoms with Gasteiger partial charge in [0.15, 0.2) is 0 Å². The standard InChI is InChI=1S/C18H34N2O/c1-4-15-13-19-10-7-8-17(19)14-20(15)16-9-11-21-18(5-2,6-3)12-16/h15-17H,4-14H2,1-3H3. The Hall–Kier alpha value is -0.120. The van der Waals surface area contributed by atoms with Crippen LogP contribution in [0.3, 0.4) is 0 Å². The molecule has 21 heavy (non-hydrogen) atoms. The highest BCUT2D eigenvalue weighted by Gasteiger charge is 2.42. The number of hydrogen-bond donors (Lipinski definition) is 0. The fourth-order valence-corrected chi connectivity index (χ4v) is 4.95. The zero-order valence-electron chi connectivity index (χ0n) is 14.3. The Morgan fingerprint density at radius 2 is 1.86 bits per heavy atom. The lowest BCUT2D eigenvalue weighted by Crippen LogP contribution is -2.61. The fourth-order valence-electron chi connectivity index (χ4n) is 4.95. The lowest BCUT2D eigenvalue weighted by molar-refractivity contribution is -0.123. The minimum atomic E-state index is 0.161. The maximum atomic E-state index is 6.20. The van der Waals surface area contributed by atoms with Crippen molar-refractivity contribution in [3.8, 4) is 0 Å². The smallest absolute Gasteiger partial charge is 0.0692 e. The molecule has 3 aliphatic heterocycles. The van der Waals surface area contributed by atoms with Crippen molar-refractivity contribution in [1.82, 2.24) is 9.80 Å². The molecule has 3 saturated heterocycles. The van der Waals surface area contributed by atoms with Crippen LogP contribution in [0.1, 0.15) is 65.7 Å². The SMILES string of the molecule is CCC1CN2CCCC2CN1C1CCOC(CC)(CC)C1. The van der Waals surface area contributed by atoms with Gasteiger partial charge < -0.3 is 4.74 Å². The van der Waals surface area contributed by atoms with E-state index in [1.807, 2.05) is 0 Å². The highest BCUT2D eigenvalue weighted by atomic mass is 16.5. The first kappa shape index (κ1) is 15.8. The largest absolute Gasteiger partial charge is 0.375 e. The van der Waals surface area contributed by atoms with Crippen LogP contribution in [0.2, 0.25) is 0 Å². The van der Waals surface area contributed by atoms with E-state index < -0.39 is 0 Å². The average molecular weight is 294 g/mol. The van der Waals surface area contributed by atoms with Crippen LogP contribution in [0.4, 0.5) is 0 Å². The summed E-state index contributed by atoms with van der Waals surface area (Å²) in [4.78, 5) is 5.64. The molecule has 3 nitrogen and oxygen atoms in total. The van der Waals surface area contributed by atoms with E-state index in [2.05, 4.69) is 30.6 Å². The lowest BCUT2D eigenvalue weighted by atomic mass is 9.84. The van der Waals surface area contributed by atoms with Gasteiger partial charge in [-0.15, -0.1) is 0 Å². The molecule has 3 unspecified atom stereocenters. The molecule has 0 aromatic heterocycles. The monoisotopic (exact) mass is 294 g/mol. The summed E-state index contributed by atoms with van der Waals surface area (Å²) in [6.45, 7) is 11.9. The molecule has 0 saturated carbocycles. The Kier molecular flexibility index (Phi) is 4.92. The molecule has 0 aromatic rings. The van der Waals surface area contributed by atoms with Crippen LogP contribution in [0.25, 0.3) is 0 Å². The lowest BCUT2D eigenvalue weighted by Gasteiger charge is -2.51. The predicted octanol–water partition coefficient (Wildman–Crippen LogP) is 3.28. The van der Waals surface area contributed by atoms with E-state index in [0.29, 0.717) is 0 Å². The first-order valence-corrected chi connectivity index (χ1v) is 9.35. The molecule has 0 amide bonds. The molecule has 3 fully saturated rings. The van der Waals surface area contributed by atoms with Gasteiger partial charge in [-0.3, -0.25) is 9.80 Å². The van der Waals surface area contributed by atoms with Gasteiger partial charge in [-0.2, -0.15) is 0 Å². The van der Waals surface area contributed by atoms with Gasteiger partial charge >= 0.3 is 0 Å². The second-order valence-electron chi connectivity index (χ2n) is 7.44. The van der Waals surface area contributed by atoms with Gasteiger partial charge in [0.2, 0.25) is 0 Å². The molecular weight excluding hydrogens is 260 g/mol. The first-order chi connectivity index (χ1) is 10.2. The molecule has 0 N–H and O–H groups in total. The van der Waals surface area contributed by atoms with Crippen LogP contribution in [-0.4, -0.2) is 59.8 Å². The van der Waals surface area contributed by atoms with Crippen molar-refractivity contribution in [3.63, 3.8) is 0 Å². The Morgan fingerprint density at radius 3 is 2.57 bits per heavy atom. The van der Waals surface area contributed by atoms with E-state index in [-0.39, 0.29) is 5.60 Å². The number of piperazine rings is 1. The maximum absolute atomic E-state index is 6.20. The predicted molar refractivity (Wildman–Crippen MR) is 87.7 cm³/mol. The summed E-state index contributed by atoms with van der Waals surface area (Å²) >= 11 is 0. The van der Waals surface area contributed by atoms with Crippen molar-refractivity contribution >= 4 is 0 Å². The van der Waals surface area contributed by atoms with E-state index in [0.717, 1.165) is 24.7 Å². The molecule has 0 aromatic carbocycles. The molecule has 3 heterocycles.